The quantitative estimate of drug-likeness (QED) is 0.434. The van der Waals surface area contributed by atoms with Gasteiger partial charge in [-0.2, -0.15) is 5.10 Å². The molecule has 0 unspecified atom stereocenters. The Labute approximate surface area is 168 Å². The second-order valence-electron chi connectivity index (χ2n) is 5.64. The SMILES string of the molecule is CCn1c(Sc2ncnc3c2c(Br)nn3C)nnc1-c1ccccc1OC. The smallest absolute Gasteiger partial charge is 0.197 e. The first kappa shape index (κ1) is 17.9. The highest BCUT2D eigenvalue weighted by Crippen LogP contribution is 2.36. The largest absolute Gasteiger partial charge is 0.496 e. The summed E-state index contributed by atoms with van der Waals surface area (Å²) in [5.41, 5.74) is 1.66. The van der Waals surface area contributed by atoms with Crippen molar-refractivity contribution in [3.8, 4) is 17.1 Å². The zero-order valence-electron chi connectivity index (χ0n) is 14.9. The molecule has 10 heteroatoms. The minimum atomic E-state index is 0.704. The molecule has 0 aliphatic rings. The summed E-state index contributed by atoms with van der Waals surface area (Å²) in [5.74, 6) is 1.52. The van der Waals surface area contributed by atoms with E-state index in [0.717, 1.165) is 38.4 Å². The van der Waals surface area contributed by atoms with Gasteiger partial charge in [0.1, 0.15) is 21.7 Å². The number of aryl methyl sites for hydroxylation is 1. The van der Waals surface area contributed by atoms with Crippen LogP contribution in [0.1, 0.15) is 6.92 Å². The Bertz CT molecular complexity index is 1120. The first-order chi connectivity index (χ1) is 13.1. The fraction of sp³-hybridized carbons (Fsp3) is 0.235. The summed E-state index contributed by atoms with van der Waals surface area (Å²) in [6.45, 7) is 2.77. The summed E-state index contributed by atoms with van der Waals surface area (Å²) in [6.07, 6.45) is 1.53. The first-order valence-electron chi connectivity index (χ1n) is 8.21. The van der Waals surface area contributed by atoms with Crippen LogP contribution in [-0.4, -0.2) is 41.6 Å². The van der Waals surface area contributed by atoms with Crippen LogP contribution < -0.4 is 4.74 Å². The average molecular weight is 446 g/mol. The number of halogens is 1. The summed E-state index contributed by atoms with van der Waals surface area (Å²) < 4.78 is 9.94. The second-order valence-corrected chi connectivity index (χ2v) is 7.35. The van der Waals surface area contributed by atoms with Crippen molar-refractivity contribution in [3.63, 3.8) is 0 Å². The maximum atomic E-state index is 5.48. The van der Waals surface area contributed by atoms with Crippen molar-refractivity contribution >= 4 is 38.7 Å². The van der Waals surface area contributed by atoms with Gasteiger partial charge in [-0.3, -0.25) is 0 Å². The van der Waals surface area contributed by atoms with Gasteiger partial charge in [0, 0.05) is 13.6 Å². The summed E-state index contributed by atoms with van der Waals surface area (Å²) in [7, 11) is 3.50. The summed E-state index contributed by atoms with van der Waals surface area (Å²) in [4.78, 5) is 8.74. The Morgan fingerprint density at radius 3 is 2.78 bits per heavy atom. The van der Waals surface area contributed by atoms with Crippen LogP contribution in [0.25, 0.3) is 22.4 Å². The summed E-state index contributed by atoms with van der Waals surface area (Å²) >= 11 is 4.93. The van der Waals surface area contributed by atoms with Gasteiger partial charge in [-0.1, -0.05) is 12.1 Å². The lowest BCUT2D eigenvalue weighted by Crippen LogP contribution is -2.01. The van der Waals surface area contributed by atoms with E-state index in [1.807, 2.05) is 35.9 Å². The van der Waals surface area contributed by atoms with E-state index in [0.29, 0.717) is 11.1 Å². The Hall–Kier alpha value is -2.46. The van der Waals surface area contributed by atoms with Crippen LogP contribution in [0, 0.1) is 0 Å². The molecule has 4 aromatic rings. The molecule has 8 nitrogen and oxygen atoms in total. The highest BCUT2D eigenvalue weighted by molar-refractivity contribution is 9.10. The molecular formula is C17H16BrN7OS. The maximum absolute atomic E-state index is 5.48. The molecule has 4 rings (SSSR count). The lowest BCUT2D eigenvalue weighted by Gasteiger charge is -2.10. The molecule has 27 heavy (non-hydrogen) atoms. The van der Waals surface area contributed by atoms with Crippen LogP contribution in [0.3, 0.4) is 0 Å². The third-order valence-electron chi connectivity index (χ3n) is 4.11. The van der Waals surface area contributed by atoms with E-state index >= 15 is 0 Å². The standard InChI is InChI=1S/C17H16BrN7OS/c1-4-25-14(10-7-5-6-8-11(10)26-3)21-22-17(25)27-16-12-13(18)23-24(2)15(12)19-9-20-16/h5-9H,4H2,1-3H3. The van der Waals surface area contributed by atoms with E-state index < -0.39 is 0 Å². The number of aromatic nitrogens is 7. The maximum Gasteiger partial charge on any atom is 0.197 e. The van der Waals surface area contributed by atoms with Gasteiger partial charge in [0.05, 0.1) is 18.1 Å². The van der Waals surface area contributed by atoms with Gasteiger partial charge in [-0.15, -0.1) is 10.2 Å². The van der Waals surface area contributed by atoms with Crippen molar-refractivity contribution in [1.82, 2.24) is 34.5 Å². The number of ether oxygens (including phenoxy) is 1. The van der Waals surface area contributed by atoms with Gasteiger partial charge >= 0.3 is 0 Å². The van der Waals surface area contributed by atoms with Crippen LogP contribution in [0.2, 0.25) is 0 Å². The Kier molecular flexibility index (Phi) is 4.83. The molecule has 0 aliphatic heterocycles. The molecule has 0 aliphatic carbocycles. The van der Waals surface area contributed by atoms with Gasteiger partial charge in [-0.25, -0.2) is 14.6 Å². The van der Waals surface area contributed by atoms with E-state index in [1.54, 1.807) is 11.8 Å². The molecule has 0 radical (unpaired) electrons. The van der Waals surface area contributed by atoms with Gasteiger partial charge in [0.15, 0.2) is 16.6 Å². The van der Waals surface area contributed by atoms with Crippen molar-refractivity contribution in [2.75, 3.05) is 7.11 Å². The van der Waals surface area contributed by atoms with Crippen molar-refractivity contribution in [3.05, 3.63) is 35.2 Å². The summed E-state index contributed by atoms with van der Waals surface area (Å²) in [6, 6.07) is 7.78. The lowest BCUT2D eigenvalue weighted by molar-refractivity contribution is 0.416. The molecule has 0 amide bonds. The molecule has 0 N–H and O–H groups in total. The molecule has 0 bridgehead atoms. The van der Waals surface area contributed by atoms with Crippen molar-refractivity contribution in [2.24, 2.45) is 7.05 Å². The van der Waals surface area contributed by atoms with E-state index in [-0.39, 0.29) is 0 Å². The topological polar surface area (TPSA) is 83.5 Å². The van der Waals surface area contributed by atoms with Crippen LogP contribution in [0.4, 0.5) is 0 Å². The van der Waals surface area contributed by atoms with Crippen LogP contribution >= 0.6 is 27.7 Å². The van der Waals surface area contributed by atoms with Crippen molar-refractivity contribution in [2.45, 2.75) is 23.7 Å². The Balaban J connectivity index is 1.80. The predicted octanol–water partition coefficient (Wildman–Crippen LogP) is 3.56. The minimum Gasteiger partial charge on any atom is -0.496 e. The average Bonchev–Trinajstić information content (AvgIpc) is 3.22. The normalized spacial score (nSPS) is 11.3. The van der Waals surface area contributed by atoms with E-state index in [4.69, 9.17) is 4.74 Å². The van der Waals surface area contributed by atoms with Crippen LogP contribution in [-0.2, 0) is 13.6 Å². The number of nitrogens with zero attached hydrogens (tertiary/aromatic N) is 7. The highest BCUT2D eigenvalue weighted by atomic mass is 79.9. The molecule has 0 atom stereocenters. The van der Waals surface area contributed by atoms with Gasteiger partial charge in [0.25, 0.3) is 0 Å². The van der Waals surface area contributed by atoms with E-state index in [9.17, 15) is 0 Å². The number of para-hydroxylation sites is 1. The van der Waals surface area contributed by atoms with E-state index in [2.05, 4.69) is 48.1 Å². The fourth-order valence-electron chi connectivity index (χ4n) is 2.86. The van der Waals surface area contributed by atoms with Crippen molar-refractivity contribution in [1.29, 1.82) is 0 Å². The van der Waals surface area contributed by atoms with Crippen LogP contribution in [0.5, 0.6) is 5.75 Å². The lowest BCUT2D eigenvalue weighted by atomic mass is 10.2. The number of fused-ring (bicyclic) bond motifs is 1. The zero-order chi connectivity index (χ0) is 19.0. The van der Waals surface area contributed by atoms with Gasteiger partial charge in [0.2, 0.25) is 0 Å². The third-order valence-corrected chi connectivity index (χ3v) is 5.65. The number of methoxy groups -OCH3 is 1. The van der Waals surface area contributed by atoms with Crippen LogP contribution in [0.15, 0.2) is 45.4 Å². The number of benzene rings is 1. The second kappa shape index (κ2) is 7.28. The molecule has 0 saturated heterocycles. The molecule has 3 heterocycles. The highest BCUT2D eigenvalue weighted by Gasteiger charge is 2.20. The number of rotatable bonds is 5. The minimum absolute atomic E-state index is 0.704. The summed E-state index contributed by atoms with van der Waals surface area (Å²) in [5, 5.41) is 15.5. The molecule has 3 aromatic heterocycles. The van der Waals surface area contributed by atoms with Gasteiger partial charge in [-0.05, 0) is 46.7 Å². The molecule has 0 spiro atoms. The fourth-order valence-corrected chi connectivity index (χ4v) is 4.56. The molecule has 138 valence electrons. The number of hydrogen-bond acceptors (Lipinski definition) is 7. The Morgan fingerprint density at radius 2 is 2.00 bits per heavy atom. The first-order valence-corrected chi connectivity index (χ1v) is 9.82. The monoisotopic (exact) mass is 445 g/mol. The third kappa shape index (κ3) is 3.08. The van der Waals surface area contributed by atoms with E-state index in [1.165, 1.54) is 18.1 Å². The molecule has 0 fully saturated rings. The molecule has 0 saturated carbocycles. The zero-order valence-corrected chi connectivity index (χ0v) is 17.3. The van der Waals surface area contributed by atoms with Gasteiger partial charge < -0.3 is 9.30 Å². The Morgan fingerprint density at radius 1 is 1.19 bits per heavy atom. The molecular weight excluding hydrogens is 430 g/mol. The predicted molar refractivity (Wildman–Crippen MR) is 106 cm³/mol. The number of hydrogen-bond donors (Lipinski definition) is 0. The molecule has 1 aromatic carbocycles. The van der Waals surface area contributed by atoms with Crippen molar-refractivity contribution < 1.29 is 4.74 Å².